The second kappa shape index (κ2) is 21.6. The van der Waals surface area contributed by atoms with E-state index in [2.05, 4.69) is 31.9 Å². The van der Waals surface area contributed by atoms with Gasteiger partial charge in [0.1, 0.15) is 35.5 Å². The molecule has 18 heteroatoms. The van der Waals surface area contributed by atoms with Gasteiger partial charge < -0.3 is 53.6 Å². The number of aliphatic carboxylic acids is 1. The molecule has 0 spiro atoms. The van der Waals surface area contributed by atoms with Crippen LogP contribution in [0.5, 0.6) is 5.75 Å². The molecule has 0 unspecified atom stereocenters. The first-order valence-electron chi connectivity index (χ1n) is 19.7. The number of fused-ring (bicyclic) bond motifs is 1. The van der Waals surface area contributed by atoms with Crippen LogP contribution < -0.4 is 43.4 Å². The van der Waals surface area contributed by atoms with E-state index < -0.39 is 108 Å². The lowest BCUT2D eigenvalue weighted by Gasteiger charge is -2.39. The number of nitrogens with one attached hydrogen (secondary N) is 6. The molecule has 18 nitrogen and oxygen atoms in total. The molecule has 3 rings (SSSR count). The number of primary amides is 1. The number of hydrogen-bond acceptors (Lipinski definition) is 10. The summed E-state index contributed by atoms with van der Waals surface area (Å²) in [5.74, 6) is -7.77. The number of hydrogen-bond donors (Lipinski definition) is 10. The number of aromatic hydroxyl groups is 1. The van der Waals surface area contributed by atoms with E-state index in [1.807, 2.05) is 12.1 Å². The third-order valence-electron chi connectivity index (χ3n) is 10.7. The van der Waals surface area contributed by atoms with Crippen LogP contribution >= 0.6 is 0 Å². The topological polar surface area (TPSA) is 301 Å². The van der Waals surface area contributed by atoms with Crippen LogP contribution in [0.2, 0.25) is 0 Å². The molecule has 322 valence electrons. The quantitative estimate of drug-likeness (QED) is 0.0761. The Kier molecular flexibility index (Phi) is 17.4. The third-order valence-corrected chi connectivity index (χ3v) is 10.7. The zero-order valence-corrected chi connectivity index (χ0v) is 34.1. The number of amides is 7. The molecule has 1 aliphatic rings. The molecule has 59 heavy (non-hydrogen) atoms. The number of carbonyl (C=O) groups excluding carboxylic acids is 7. The van der Waals surface area contributed by atoms with Crippen LogP contribution in [0, 0.1) is 11.8 Å². The largest absolute Gasteiger partial charge is 0.508 e. The van der Waals surface area contributed by atoms with E-state index in [1.165, 1.54) is 19.1 Å². The van der Waals surface area contributed by atoms with E-state index in [0.717, 1.165) is 11.1 Å². The van der Waals surface area contributed by atoms with Crippen molar-refractivity contribution in [1.29, 1.82) is 0 Å². The molecule has 1 aliphatic carbocycles. The van der Waals surface area contributed by atoms with Gasteiger partial charge in [0, 0.05) is 6.42 Å². The molecule has 0 aliphatic heterocycles. The lowest BCUT2D eigenvalue weighted by atomic mass is 9.77. The van der Waals surface area contributed by atoms with Crippen molar-refractivity contribution >= 4 is 47.3 Å². The summed E-state index contributed by atoms with van der Waals surface area (Å²) in [7, 11) is 0. The van der Waals surface area contributed by atoms with Gasteiger partial charge in [0.25, 0.3) is 0 Å². The normalized spacial score (nSPS) is 18.1. The van der Waals surface area contributed by atoms with Crippen molar-refractivity contribution < 1.29 is 48.6 Å². The summed E-state index contributed by atoms with van der Waals surface area (Å²) in [5, 5.41) is 34.9. The summed E-state index contributed by atoms with van der Waals surface area (Å²) in [6.07, 6.45) is 0.418. The number of nitrogens with two attached hydrogens (primary N) is 2. The van der Waals surface area contributed by atoms with Gasteiger partial charge in [-0.2, -0.15) is 0 Å². The molecule has 2 aromatic carbocycles. The van der Waals surface area contributed by atoms with Gasteiger partial charge in [0.15, 0.2) is 0 Å². The Morgan fingerprint density at radius 3 is 1.90 bits per heavy atom. The lowest BCUT2D eigenvalue weighted by molar-refractivity contribution is -0.143. The molecule has 12 N–H and O–H groups in total. The maximum Gasteiger partial charge on any atom is 0.305 e. The van der Waals surface area contributed by atoms with Crippen LogP contribution in [0.15, 0.2) is 48.5 Å². The zero-order valence-electron chi connectivity index (χ0n) is 34.1. The van der Waals surface area contributed by atoms with Gasteiger partial charge in [0.05, 0.1) is 19.0 Å². The Bertz CT molecular complexity index is 1860. The van der Waals surface area contributed by atoms with Crippen molar-refractivity contribution in [2.24, 2.45) is 23.3 Å². The monoisotopic (exact) mass is 822 g/mol. The van der Waals surface area contributed by atoms with E-state index in [4.69, 9.17) is 11.5 Å². The van der Waals surface area contributed by atoms with Crippen LogP contribution in [0.1, 0.15) is 77.0 Å². The van der Waals surface area contributed by atoms with Gasteiger partial charge in [-0.1, -0.05) is 76.9 Å². The van der Waals surface area contributed by atoms with Crippen molar-refractivity contribution in [3.05, 3.63) is 65.2 Å². The first kappa shape index (κ1) is 47.3. The highest BCUT2D eigenvalue weighted by atomic mass is 16.4. The average molecular weight is 823 g/mol. The predicted octanol–water partition coefficient (Wildman–Crippen LogP) is -0.567. The number of rotatable bonds is 21. The van der Waals surface area contributed by atoms with E-state index in [1.54, 1.807) is 52.0 Å². The fourth-order valence-electron chi connectivity index (χ4n) is 6.67. The number of benzene rings is 2. The summed E-state index contributed by atoms with van der Waals surface area (Å²) >= 11 is 0. The molecule has 2 aromatic rings. The highest BCUT2D eigenvalue weighted by Gasteiger charge is 2.45. The molecule has 7 amide bonds. The number of carboxylic acid groups (broad SMARTS) is 1. The average Bonchev–Trinajstić information content (AvgIpc) is 3.20. The minimum atomic E-state index is -1.72. The predicted molar refractivity (Wildman–Crippen MR) is 216 cm³/mol. The highest BCUT2D eigenvalue weighted by molar-refractivity contribution is 5.99. The third kappa shape index (κ3) is 13.5. The molecule has 0 bridgehead atoms. The van der Waals surface area contributed by atoms with Crippen molar-refractivity contribution in [3.8, 4) is 5.75 Å². The Morgan fingerprint density at radius 1 is 0.746 bits per heavy atom. The molecule has 8 atom stereocenters. The number of phenolic OH excluding ortho intramolecular Hbond substituents is 1. The minimum absolute atomic E-state index is 0.0318. The Hall–Kier alpha value is -6.04. The molecule has 0 heterocycles. The fourth-order valence-corrected chi connectivity index (χ4v) is 6.67. The second-order valence-electron chi connectivity index (χ2n) is 15.3. The first-order chi connectivity index (χ1) is 27.8. The Morgan fingerprint density at radius 2 is 1.32 bits per heavy atom. The van der Waals surface area contributed by atoms with Crippen molar-refractivity contribution in [1.82, 2.24) is 31.9 Å². The number of carboxylic acids is 1. The van der Waals surface area contributed by atoms with Crippen LogP contribution in [0.4, 0.5) is 0 Å². The van der Waals surface area contributed by atoms with Gasteiger partial charge in [-0.3, -0.25) is 38.4 Å². The zero-order chi connectivity index (χ0) is 44.0. The molecule has 0 saturated carbocycles. The summed E-state index contributed by atoms with van der Waals surface area (Å²) in [6.45, 7) is 7.90. The summed E-state index contributed by atoms with van der Waals surface area (Å²) in [6, 6.07) is 7.06. The van der Waals surface area contributed by atoms with E-state index >= 15 is 0 Å². The van der Waals surface area contributed by atoms with Crippen molar-refractivity contribution in [3.63, 3.8) is 0 Å². The van der Waals surface area contributed by atoms with E-state index in [9.17, 15) is 48.6 Å². The maximum atomic E-state index is 14.4. The molecular weight excluding hydrogens is 764 g/mol. The molecule has 0 radical (unpaired) electrons. The van der Waals surface area contributed by atoms with Crippen molar-refractivity contribution in [2.75, 3.05) is 6.54 Å². The number of carbonyl (C=O) groups is 8. The van der Waals surface area contributed by atoms with Gasteiger partial charge in [-0.15, -0.1) is 0 Å². The molecule has 0 aromatic heterocycles. The van der Waals surface area contributed by atoms with Gasteiger partial charge >= 0.3 is 5.97 Å². The summed E-state index contributed by atoms with van der Waals surface area (Å²) in [5.41, 5.74) is 11.9. The fraction of sp³-hybridized carbons (Fsp3) is 0.512. The van der Waals surface area contributed by atoms with Crippen molar-refractivity contribution in [2.45, 2.75) is 115 Å². The lowest BCUT2D eigenvalue weighted by Crippen LogP contribution is -2.67. The first-order valence-corrected chi connectivity index (χ1v) is 19.7. The summed E-state index contributed by atoms with van der Waals surface area (Å²) in [4.78, 5) is 105. The van der Waals surface area contributed by atoms with Crippen LogP contribution in [-0.4, -0.2) is 99.8 Å². The highest BCUT2D eigenvalue weighted by Crippen LogP contribution is 2.30. The molecular formula is C41H58N8O10. The summed E-state index contributed by atoms with van der Waals surface area (Å²) < 4.78 is 0. The number of aryl methyl sites for hydroxylation is 1. The van der Waals surface area contributed by atoms with Crippen LogP contribution in [0.3, 0.4) is 0 Å². The molecule has 0 fully saturated rings. The second-order valence-corrected chi connectivity index (χ2v) is 15.3. The smallest absolute Gasteiger partial charge is 0.305 e. The molecule has 0 saturated heterocycles. The standard InChI is InChI=1S/C41H58N8O10/c1-6-22(3)33(38(57)44-21-31(43)51)48-39(58)34(23(4)7-2)47-37(56)30(19-32(52)53)46-40(59)41(17-16-26-10-8-9-11-27(26)20-41)49-35(54)24(5)45-36(55)29(42)18-25-12-14-28(50)15-13-25/h8-15,22-24,29-30,33-34,50H,6-7,16-21,42H2,1-5H3,(H2,43,51)(H,44,57)(H,45,55)(H,46,59)(H,47,56)(H,48,58)(H,49,54)(H,52,53)/t22-,23-,24+,29-,30-,33-,34-,41+/m0/s1. The van der Waals surface area contributed by atoms with E-state index in [-0.39, 0.29) is 25.0 Å². The van der Waals surface area contributed by atoms with Gasteiger partial charge in [-0.05, 0) is 66.8 Å². The minimum Gasteiger partial charge on any atom is -0.508 e. The maximum absolute atomic E-state index is 14.4. The van der Waals surface area contributed by atoms with Gasteiger partial charge in [-0.25, -0.2) is 0 Å². The Balaban J connectivity index is 1.86. The van der Waals surface area contributed by atoms with Gasteiger partial charge in [0.2, 0.25) is 41.4 Å². The van der Waals surface area contributed by atoms with E-state index in [0.29, 0.717) is 24.8 Å². The SMILES string of the molecule is CC[C@H](C)[C@H](NC(=O)[C@H](CC(=O)O)NC(=O)[C@@]1(NC(=O)[C@@H](C)NC(=O)[C@@H](N)Cc2ccc(O)cc2)CCc2ccccc2C1)C(=O)N[C@H](C(=O)NCC(N)=O)[C@@H](C)CC. The van der Waals surface area contributed by atoms with Crippen LogP contribution in [0.25, 0.3) is 0 Å². The van der Waals surface area contributed by atoms with Crippen LogP contribution in [-0.2, 0) is 57.6 Å². The Labute approximate surface area is 343 Å². The number of phenols is 1.